The molecular weight excluding hydrogens is 294 g/mol. The van der Waals surface area contributed by atoms with Gasteiger partial charge in [0.15, 0.2) is 0 Å². The summed E-state index contributed by atoms with van der Waals surface area (Å²) in [6, 6.07) is 7.86. The minimum Gasteiger partial charge on any atom is -0.370 e. The van der Waals surface area contributed by atoms with Crippen molar-refractivity contribution in [3.05, 3.63) is 40.7 Å². The molecule has 0 aromatic carbocycles. The lowest BCUT2D eigenvalue weighted by Gasteiger charge is -2.31. The van der Waals surface area contributed by atoms with Crippen LogP contribution >= 0.6 is 11.3 Å². The first-order valence-corrected chi connectivity index (χ1v) is 8.62. The second kappa shape index (κ2) is 6.92. The van der Waals surface area contributed by atoms with E-state index in [1.165, 1.54) is 12.8 Å². The normalized spacial score (nSPS) is 15.8. The molecule has 1 amide bonds. The topological polar surface area (TPSA) is 45.2 Å². The summed E-state index contributed by atoms with van der Waals surface area (Å²) in [6.07, 6.45) is 4.74. The van der Waals surface area contributed by atoms with E-state index in [9.17, 15) is 4.79 Å². The van der Waals surface area contributed by atoms with Crippen LogP contribution in [0.2, 0.25) is 0 Å². The Balaban J connectivity index is 1.56. The molecule has 22 heavy (non-hydrogen) atoms. The van der Waals surface area contributed by atoms with Gasteiger partial charge in [0, 0.05) is 18.0 Å². The Morgan fingerprint density at radius 3 is 2.82 bits per heavy atom. The van der Waals surface area contributed by atoms with Crippen LogP contribution in [0.1, 0.15) is 24.6 Å². The fourth-order valence-electron chi connectivity index (χ4n) is 2.67. The molecule has 3 heterocycles. The second-order valence-electron chi connectivity index (χ2n) is 5.88. The van der Waals surface area contributed by atoms with Crippen molar-refractivity contribution in [2.45, 2.75) is 26.2 Å². The highest BCUT2D eigenvalue weighted by Gasteiger charge is 2.16. The third-order valence-corrected chi connectivity index (χ3v) is 4.96. The molecule has 1 fully saturated rings. The summed E-state index contributed by atoms with van der Waals surface area (Å²) in [5, 5.41) is 4.84. The summed E-state index contributed by atoms with van der Waals surface area (Å²) >= 11 is 1.60. The maximum atomic E-state index is 11.9. The lowest BCUT2D eigenvalue weighted by Crippen LogP contribution is -2.32. The summed E-state index contributed by atoms with van der Waals surface area (Å²) in [4.78, 5) is 19.8. The number of carbonyl (C=O) groups excluding carboxylic acids is 1. The largest absolute Gasteiger partial charge is 0.370 e. The van der Waals surface area contributed by atoms with Gasteiger partial charge in [-0.25, -0.2) is 4.98 Å². The van der Waals surface area contributed by atoms with Gasteiger partial charge in [0.25, 0.3) is 0 Å². The molecule has 3 rings (SSSR count). The van der Waals surface area contributed by atoms with Crippen LogP contribution in [-0.2, 0) is 11.2 Å². The minimum atomic E-state index is -0.0190. The van der Waals surface area contributed by atoms with Gasteiger partial charge in [-0.15, -0.1) is 11.3 Å². The summed E-state index contributed by atoms with van der Waals surface area (Å²) < 4.78 is 0. The quantitative estimate of drug-likeness (QED) is 0.938. The standard InChI is InChI=1S/C17H21N3OS/c1-13-6-8-20(9-7-13)14-4-5-16(18-12-14)19-17(21)11-15-3-2-10-22-15/h2-5,10,12-13H,6-9,11H2,1H3,(H,18,19,21). The number of pyridine rings is 1. The molecule has 5 heteroatoms. The number of piperidine rings is 1. The lowest BCUT2D eigenvalue weighted by molar-refractivity contribution is -0.115. The molecule has 1 aliphatic rings. The number of anilines is 2. The lowest BCUT2D eigenvalue weighted by atomic mass is 9.99. The van der Waals surface area contributed by atoms with Crippen molar-refractivity contribution < 1.29 is 4.79 Å². The van der Waals surface area contributed by atoms with E-state index in [1.54, 1.807) is 11.3 Å². The first kappa shape index (κ1) is 15.0. The molecule has 0 radical (unpaired) electrons. The third-order valence-electron chi connectivity index (χ3n) is 4.08. The molecule has 1 N–H and O–H groups in total. The van der Waals surface area contributed by atoms with E-state index in [1.807, 2.05) is 35.8 Å². The Kier molecular flexibility index (Phi) is 4.73. The molecule has 0 unspecified atom stereocenters. The molecule has 2 aromatic heterocycles. The molecule has 0 saturated carbocycles. The molecule has 0 aliphatic carbocycles. The zero-order chi connectivity index (χ0) is 15.4. The molecule has 0 atom stereocenters. The fourth-order valence-corrected chi connectivity index (χ4v) is 3.38. The van der Waals surface area contributed by atoms with Gasteiger partial charge >= 0.3 is 0 Å². The second-order valence-corrected chi connectivity index (χ2v) is 6.91. The highest BCUT2D eigenvalue weighted by atomic mass is 32.1. The number of carbonyl (C=O) groups is 1. The average Bonchev–Trinajstić information content (AvgIpc) is 3.02. The van der Waals surface area contributed by atoms with E-state index in [0.29, 0.717) is 12.2 Å². The van der Waals surface area contributed by atoms with Crippen molar-refractivity contribution >= 4 is 28.7 Å². The summed E-state index contributed by atoms with van der Waals surface area (Å²) in [5.74, 6) is 1.42. The van der Waals surface area contributed by atoms with Gasteiger partial charge in [0.05, 0.1) is 18.3 Å². The van der Waals surface area contributed by atoms with Crippen LogP contribution in [0.5, 0.6) is 0 Å². The van der Waals surface area contributed by atoms with Gasteiger partial charge < -0.3 is 10.2 Å². The number of nitrogens with one attached hydrogen (secondary N) is 1. The predicted octanol–water partition coefficient (Wildman–Crippen LogP) is 3.56. The van der Waals surface area contributed by atoms with Gasteiger partial charge in [-0.3, -0.25) is 4.79 Å². The first-order chi connectivity index (χ1) is 10.7. The zero-order valence-corrected chi connectivity index (χ0v) is 13.6. The monoisotopic (exact) mass is 315 g/mol. The van der Waals surface area contributed by atoms with Crippen LogP contribution in [0.4, 0.5) is 11.5 Å². The van der Waals surface area contributed by atoms with Crippen LogP contribution in [-0.4, -0.2) is 24.0 Å². The maximum absolute atomic E-state index is 11.9. The fraction of sp³-hybridized carbons (Fsp3) is 0.412. The molecule has 0 bridgehead atoms. The maximum Gasteiger partial charge on any atom is 0.230 e. The molecule has 4 nitrogen and oxygen atoms in total. The zero-order valence-electron chi connectivity index (χ0n) is 12.8. The average molecular weight is 315 g/mol. The molecule has 116 valence electrons. The summed E-state index contributed by atoms with van der Waals surface area (Å²) in [5.41, 5.74) is 1.14. The van der Waals surface area contributed by atoms with Crippen molar-refractivity contribution in [3.63, 3.8) is 0 Å². The van der Waals surface area contributed by atoms with E-state index in [-0.39, 0.29) is 5.91 Å². The van der Waals surface area contributed by atoms with Gasteiger partial charge in [-0.2, -0.15) is 0 Å². The number of amides is 1. The summed E-state index contributed by atoms with van der Waals surface area (Å²) in [6.45, 7) is 4.49. The third kappa shape index (κ3) is 3.85. The Morgan fingerprint density at radius 1 is 1.36 bits per heavy atom. The predicted molar refractivity (Wildman–Crippen MR) is 91.5 cm³/mol. The Morgan fingerprint density at radius 2 is 2.18 bits per heavy atom. The Labute approximate surface area is 135 Å². The van der Waals surface area contributed by atoms with Gasteiger partial charge in [0.1, 0.15) is 5.82 Å². The number of hydrogen-bond donors (Lipinski definition) is 1. The number of aromatic nitrogens is 1. The van der Waals surface area contributed by atoms with E-state index >= 15 is 0 Å². The number of nitrogens with zero attached hydrogens (tertiary/aromatic N) is 2. The van der Waals surface area contributed by atoms with Crippen molar-refractivity contribution in [3.8, 4) is 0 Å². The molecule has 1 aliphatic heterocycles. The molecule has 0 spiro atoms. The van der Waals surface area contributed by atoms with Crippen LogP contribution in [0.15, 0.2) is 35.8 Å². The van der Waals surface area contributed by atoms with E-state index in [4.69, 9.17) is 0 Å². The van der Waals surface area contributed by atoms with Crippen LogP contribution in [0, 0.1) is 5.92 Å². The number of thiophene rings is 1. The minimum absolute atomic E-state index is 0.0190. The van der Waals surface area contributed by atoms with Crippen molar-refractivity contribution in [2.75, 3.05) is 23.3 Å². The van der Waals surface area contributed by atoms with Crippen molar-refractivity contribution in [2.24, 2.45) is 5.92 Å². The van der Waals surface area contributed by atoms with E-state index < -0.39 is 0 Å². The SMILES string of the molecule is CC1CCN(c2ccc(NC(=O)Cc3cccs3)nc2)CC1. The van der Waals surface area contributed by atoms with Crippen molar-refractivity contribution in [1.82, 2.24) is 4.98 Å². The smallest absolute Gasteiger partial charge is 0.230 e. The van der Waals surface area contributed by atoms with Crippen LogP contribution in [0.3, 0.4) is 0 Å². The van der Waals surface area contributed by atoms with E-state index in [2.05, 4.69) is 22.1 Å². The van der Waals surface area contributed by atoms with Crippen molar-refractivity contribution in [1.29, 1.82) is 0 Å². The van der Waals surface area contributed by atoms with Gasteiger partial charge in [0.2, 0.25) is 5.91 Å². The molecular formula is C17H21N3OS. The molecule has 2 aromatic rings. The highest BCUT2D eigenvalue weighted by Crippen LogP contribution is 2.23. The Bertz CT molecular complexity index is 601. The number of rotatable bonds is 4. The van der Waals surface area contributed by atoms with E-state index in [0.717, 1.165) is 29.6 Å². The number of hydrogen-bond acceptors (Lipinski definition) is 4. The van der Waals surface area contributed by atoms with Crippen LogP contribution < -0.4 is 10.2 Å². The van der Waals surface area contributed by atoms with Gasteiger partial charge in [-0.05, 0) is 42.3 Å². The summed E-state index contributed by atoms with van der Waals surface area (Å²) in [7, 11) is 0. The molecule has 1 saturated heterocycles. The van der Waals surface area contributed by atoms with Crippen LogP contribution in [0.25, 0.3) is 0 Å². The highest BCUT2D eigenvalue weighted by molar-refractivity contribution is 7.10. The Hall–Kier alpha value is -1.88. The van der Waals surface area contributed by atoms with Gasteiger partial charge in [-0.1, -0.05) is 13.0 Å². The first-order valence-electron chi connectivity index (χ1n) is 7.74.